The molecular weight excluding hydrogens is 358 g/mol. The van der Waals surface area contributed by atoms with Crippen LogP contribution in [-0.4, -0.2) is 58.1 Å². The van der Waals surface area contributed by atoms with Gasteiger partial charge in [0.05, 0.1) is 0 Å². The Labute approximate surface area is 156 Å². The van der Waals surface area contributed by atoms with Crippen molar-refractivity contribution in [1.29, 1.82) is 0 Å². The van der Waals surface area contributed by atoms with Crippen molar-refractivity contribution in [3.63, 3.8) is 0 Å². The summed E-state index contributed by atoms with van der Waals surface area (Å²) in [4.78, 5) is 31.5. The molecule has 0 saturated carbocycles. The summed E-state index contributed by atoms with van der Waals surface area (Å²) in [5, 5.41) is 7.43. The number of nitrogens with zero attached hydrogens (tertiary/aromatic N) is 4. The SMILES string of the molecule is CC(=O)N1CCN(C(=O)NC(C)c2nc(-c3ccc(Cl)cc3)no2)CC1. The highest BCUT2D eigenvalue weighted by molar-refractivity contribution is 6.30. The van der Waals surface area contributed by atoms with E-state index in [0.29, 0.717) is 42.9 Å². The fraction of sp³-hybridized carbons (Fsp3) is 0.412. The zero-order valence-electron chi connectivity index (χ0n) is 14.6. The van der Waals surface area contributed by atoms with E-state index < -0.39 is 6.04 Å². The summed E-state index contributed by atoms with van der Waals surface area (Å²) < 4.78 is 5.27. The third-order valence-corrected chi connectivity index (χ3v) is 4.52. The standard InChI is InChI=1S/C17H20ClN5O3/c1-11(19-17(25)23-9-7-22(8-10-23)12(2)24)16-20-15(21-26-16)13-3-5-14(18)6-4-13/h3-6,11H,7-10H2,1-2H3,(H,19,25). The lowest BCUT2D eigenvalue weighted by molar-refractivity contribution is -0.130. The van der Waals surface area contributed by atoms with Crippen molar-refractivity contribution in [3.8, 4) is 11.4 Å². The van der Waals surface area contributed by atoms with Crippen LogP contribution >= 0.6 is 11.6 Å². The number of carbonyl (C=O) groups excluding carboxylic acids is 2. The van der Waals surface area contributed by atoms with Crippen molar-refractivity contribution < 1.29 is 14.1 Å². The molecule has 1 fully saturated rings. The van der Waals surface area contributed by atoms with Crippen molar-refractivity contribution in [2.24, 2.45) is 0 Å². The Balaban J connectivity index is 1.58. The van der Waals surface area contributed by atoms with E-state index in [4.69, 9.17) is 16.1 Å². The number of nitrogens with one attached hydrogen (secondary N) is 1. The molecule has 0 bridgehead atoms. The average molecular weight is 378 g/mol. The number of amides is 3. The van der Waals surface area contributed by atoms with Crippen LogP contribution < -0.4 is 5.32 Å². The number of rotatable bonds is 3. The molecule has 1 aromatic carbocycles. The monoisotopic (exact) mass is 377 g/mol. The molecule has 1 unspecified atom stereocenters. The number of benzene rings is 1. The summed E-state index contributed by atoms with van der Waals surface area (Å²) in [6.07, 6.45) is 0. The third-order valence-electron chi connectivity index (χ3n) is 4.27. The first kappa shape index (κ1) is 18.2. The van der Waals surface area contributed by atoms with Gasteiger partial charge in [0, 0.05) is 43.7 Å². The number of piperazine rings is 1. The Kier molecular flexibility index (Phi) is 5.41. The molecule has 1 saturated heterocycles. The van der Waals surface area contributed by atoms with Gasteiger partial charge in [0.15, 0.2) is 0 Å². The van der Waals surface area contributed by atoms with Crippen molar-refractivity contribution in [2.45, 2.75) is 19.9 Å². The van der Waals surface area contributed by atoms with E-state index in [1.165, 1.54) is 6.92 Å². The maximum atomic E-state index is 12.4. The zero-order valence-corrected chi connectivity index (χ0v) is 15.4. The van der Waals surface area contributed by atoms with E-state index in [1.807, 2.05) is 0 Å². The van der Waals surface area contributed by atoms with Crippen LogP contribution in [0.3, 0.4) is 0 Å². The summed E-state index contributed by atoms with van der Waals surface area (Å²) >= 11 is 5.87. The molecule has 2 aromatic rings. The van der Waals surface area contributed by atoms with Crippen molar-refractivity contribution in [3.05, 3.63) is 35.2 Å². The Morgan fingerprint density at radius 1 is 1.15 bits per heavy atom. The molecule has 9 heteroatoms. The van der Waals surface area contributed by atoms with Crippen LogP contribution in [0.5, 0.6) is 0 Å². The van der Waals surface area contributed by atoms with Crippen LogP contribution in [0.4, 0.5) is 4.79 Å². The first-order valence-corrected chi connectivity index (χ1v) is 8.72. The normalized spacial score (nSPS) is 15.7. The van der Waals surface area contributed by atoms with Gasteiger partial charge >= 0.3 is 6.03 Å². The lowest BCUT2D eigenvalue weighted by Gasteiger charge is -2.34. The highest BCUT2D eigenvalue weighted by Gasteiger charge is 2.25. The predicted molar refractivity (Wildman–Crippen MR) is 95.5 cm³/mol. The van der Waals surface area contributed by atoms with Crippen LogP contribution in [-0.2, 0) is 4.79 Å². The molecule has 0 radical (unpaired) electrons. The molecule has 8 nitrogen and oxygen atoms in total. The molecule has 3 rings (SSSR count). The van der Waals surface area contributed by atoms with Crippen molar-refractivity contribution in [1.82, 2.24) is 25.3 Å². The topological polar surface area (TPSA) is 91.6 Å². The van der Waals surface area contributed by atoms with Crippen LogP contribution in [0.2, 0.25) is 5.02 Å². The smallest absolute Gasteiger partial charge is 0.318 e. The second-order valence-corrected chi connectivity index (χ2v) is 6.56. The summed E-state index contributed by atoms with van der Waals surface area (Å²) in [6, 6.07) is 6.45. The van der Waals surface area contributed by atoms with Crippen molar-refractivity contribution in [2.75, 3.05) is 26.2 Å². The van der Waals surface area contributed by atoms with Gasteiger partial charge in [0.25, 0.3) is 0 Å². The quantitative estimate of drug-likeness (QED) is 0.886. The number of halogens is 1. The van der Waals surface area contributed by atoms with Crippen LogP contribution in [0.15, 0.2) is 28.8 Å². The van der Waals surface area contributed by atoms with Gasteiger partial charge in [-0.3, -0.25) is 4.79 Å². The molecule has 1 aromatic heterocycles. The van der Waals surface area contributed by atoms with Crippen LogP contribution in [0.1, 0.15) is 25.8 Å². The Morgan fingerprint density at radius 2 is 1.77 bits per heavy atom. The average Bonchev–Trinajstić information content (AvgIpc) is 3.12. The maximum absolute atomic E-state index is 12.4. The van der Waals surface area contributed by atoms with Gasteiger partial charge in [0.2, 0.25) is 17.6 Å². The van der Waals surface area contributed by atoms with Gasteiger partial charge in [0.1, 0.15) is 6.04 Å². The Bertz CT molecular complexity index is 784. The zero-order chi connectivity index (χ0) is 18.7. The molecule has 2 heterocycles. The fourth-order valence-corrected chi connectivity index (χ4v) is 2.82. The first-order valence-electron chi connectivity index (χ1n) is 8.34. The lowest BCUT2D eigenvalue weighted by Crippen LogP contribution is -2.53. The summed E-state index contributed by atoms with van der Waals surface area (Å²) in [5.41, 5.74) is 0.781. The Morgan fingerprint density at radius 3 is 2.38 bits per heavy atom. The van der Waals surface area contributed by atoms with Gasteiger partial charge in [-0.2, -0.15) is 4.98 Å². The summed E-state index contributed by atoms with van der Waals surface area (Å²) in [7, 11) is 0. The molecule has 0 spiro atoms. The molecule has 26 heavy (non-hydrogen) atoms. The molecule has 1 atom stereocenters. The lowest BCUT2D eigenvalue weighted by atomic mass is 10.2. The maximum Gasteiger partial charge on any atom is 0.318 e. The molecule has 138 valence electrons. The van der Waals surface area contributed by atoms with Gasteiger partial charge in [-0.05, 0) is 31.2 Å². The minimum atomic E-state index is -0.429. The fourth-order valence-electron chi connectivity index (χ4n) is 2.69. The molecular formula is C17H20ClN5O3. The number of carbonyl (C=O) groups is 2. The van der Waals surface area contributed by atoms with Crippen LogP contribution in [0.25, 0.3) is 11.4 Å². The van der Waals surface area contributed by atoms with E-state index in [9.17, 15) is 9.59 Å². The summed E-state index contributed by atoms with van der Waals surface area (Å²) in [5.74, 6) is 0.789. The highest BCUT2D eigenvalue weighted by Crippen LogP contribution is 2.20. The number of aromatic nitrogens is 2. The predicted octanol–water partition coefficient (Wildman–Crippen LogP) is 2.32. The largest absolute Gasteiger partial charge is 0.339 e. The van der Waals surface area contributed by atoms with Gasteiger partial charge in [-0.1, -0.05) is 16.8 Å². The molecule has 1 aliphatic heterocycles. The minimum absolute atomic E-state index is 0.0269. The van der Waals surface area contributed by atoms with E-state index in [0.717, 1.165) is 5.56 Å². The number of urea groups is 1. The van der Waals surface area contributed by atoms with E-state index in [1.54, 1.807) is 41.0 Å². The van der Waals surface area contributed by atoms with E-state index >= 15 is 0 Å². The summed E-state index contributed by atoms with van der Waals surface area (Å²) in [6.45, 7) is 5.39. The number of hydrogen-bond acceptors (Lipinski definition) is 5. The second-order valence-electron chi connectivity index (χ2n) is 6.13. The van der Waals surface area contributed by atoms with Gasteiger partial charge < -0.3 is 19.6 Å². The molecule has 1 aliphatic rings. The van der Waals surface area contributed by atoms with Crippen LogP contribution in [0, 0.1) is 0 Å². The molecule has 0 aliphatic carbocycles. The minimum Gasteiger partial charge on any atom is -0.339 e. The van der Waals surface area contributed by atoms with Crippen molar-refractivity contribution >= 4 is 23.5 Å². The third kappa shape index (κ3) is 4.13. The highest BCUT2D eigenvalue weighted by atomic mass is 35.5. The first-order chi connectivity index (χ1) is 12.4. The number of hydrogen-bond donors (Lipinski definition) is 1. The van der Waals surface area contributed by atoms with E-state index in [2.05, 4.69) is 15.5 Å². The van der Waals surface area contributed by atoms with Gasteiger partial charge in [-0.25, -0.2) is 4.79 Å². The van der Waals surface area contributed by atoms with E-state index in [-0.39, 0.29) is 11.9 Å². The van der Waals surface area contributed by atoms with Gasteiger partial charge in [-0.15, -0.1) is 0 Å². The second kappa shape index (κ2) is 7.74. The Hall–Kier alpha value is -2.61. The molecule has 1 N–H and O–H groups in total. The molecule has 3 amide bonds.